The number of amides is 2. The molecule has 1 aromatic carbocycles. The number of carbonyl (C=O) groups is 2. The van der Waals surface area contributed by atoms with E-state index in [1.165, 1.54) is 41.3 Å². The molecule has 1 fully saturated rings. The van der Waals surface area contributed by atoms with Crippen LogP contribution < -0.4 is 16.0 Å². The SMILES string of the molecule is NC(=O)c1cc(Cn2c(C(=O)NS(=O)(=O)C3CC3)c(-c3ccc[nH]c3=O)c3c4occc4c(F)cc32)cs1. The van der Waals surface area contributed by atoms with E-state index in [-0.39, 0.29) is 50.1 Å². The fraction of sp³-hybridized carbons (Fsp3) is 0.160. The molecule has 194 valence electrons. The third-order valence-electron chi connectivity index (χ3n) is 6.45. The zero-order valence-corrected chi connectivity index (χ0v) is 21.1. The summed E-state index contributed by atoms with van der Waals surface area (Å²) < 4.78 is 49.9. The number of thiophene rings is 1. The summed E-state index contributed by atoms with van der Waals surface area (Å²) in [7, 11) is -3.97. The van der Waals surface area contributed by atoms with Crippen molar-refractivity contribution in [2.45, 2.75) is 24.6 Å². The van der Waals surface area contributed by atoms with E-state index in [2.05, 4.69) is 9.71 Å². The molecule has 38 heavy (non-hydrogen) atoms. The lowest BCUT2D eigenvalue weighted by atomic mass is 10.0. The van der Waals surface area contributed by atoms with Gasteiger partial charge in [0.1, 0.15) is 17.1 Å². The molecule has 0 bridgehead atoms. The van der Waals surface area contributed by atoms with Crippen LogP contribution in [0.25, 0.3) is 33.0 Å². The maximum absolute atomic E-state index is 15.2. The van der Waals surface area contributed by atoms with Crippen LogP contribution in [0.3, 0.4) is 0 Å². The van der Waals surface area contributed by atoms with Gasteiger partial charge in [-0.25, -0.2) is 17.5 Å². The van der Waals surface area contributed by atoms with Crippen molar-refractivity contribution < 1.29 is 26.8 Å². The number of rotatable bonds is 7. The van der Waals surface area contributed by atoms with E-state index in [0.29, 0.717) is 18.4 Å². The predicted molar refractivity (Wildman–Crippen MR) is 139 cm³/mol. The monoisotopic (exact) mass is 554 g/mol. The average molecular weight is 555 g/mol. The van der Waals surface area contributed by atoms with Crippen molar-refractivity contribution in [3.05, 3.63) is 80.5 Å². The number of benzene rings is 1. The Morgan fingerprint density at radius 1 is 1.26 bits per heavy atom. The molecule has 10 nitrogen and oxygen atoms in total. The van der Waals surface area contributed by atoms with Gasteiger partial charge in [0, 0.05) is 18.3 Å². The molecule has 4 heterocycles. The van der Waals surface area contributed by atoms with Crippen molar-refractivity contribution in [3.8, 4) is 11.1 Å². The van der Waals surface area contributed by atoms with Crippen LogP contribution in [0.5, 0.6) is 0 Å². The van der Waals surface area contributed by atoms with Crippen LogP contribution in [0.15, 0.2) is 57.4 Å². The van der Waals surface area contributed by atoms with E-state index >= 15 is 4.39 Å². The number of primary amides is 1. The van der Waals surface area contributed by atoms with Crippen molar-refractivity contribution in [2.75, 3.05) is 0 Å². The molecule has 0 radical (unpaired) electrons. The maximum Gasteiger partial charge on any atom is 0.282 e. The molecule has 0 spiro atoms. The van der Waals surface area contributed by atoms with Crippen LogP contribution in [0.1, 0.15) is 38.6 Å². The molecule has 0 atom stereocenters. The number of sulfonamides is 1. The maximum atomic E-state index is 15.2. The first-order valence-corrected chi connectivity index (χ1v) is 13.9. The summed E-state index contributed by atoms with van der Waals surface area (Å²) in [5.41, 5.74) is 5.70. The molecule has 1 aliphatic carbocycles. The number of aromatic amines is 1. The second kappa shape index (κ2) is 8.67. The van der Waals surface area contributed by atoms with Crippen molar-refractivity contribution >= 4 is 55.0 Å². The number of hydrogen-bond acceptors (Lipinski definition) is 7. The molecule has 0 unspecified atom stereocenters. The van der Waals surface area contributed by atoms with Gasteiger partial charge in [0.2, 0.25) is 10.0 Å². The number of H-pyrrole nitrogens is 1. The van der Waals surface area contributed by atoms with Gasteiger partial charge in [-0.2, -0.15) is 0 Å². The summed E-state index contributed by atoms with van der Waals surface area (Å²) in [5.74, 6) is -2.24. The summed E-state index contributed by atoms with van der Waals surface area (Å²) in [5, 5.41) is 1.37. The van der Waals surface area contributed by atoms with Gasteiger partial charge < -0.3 is 19.7 Å². The molecule has 4 aromatic heterocycles. The van der Waals surface area contributed by atoms with Gasteiger partial charge >= 0.3 is 0 Å². The smallest absolute Gasteiger partial charge is 0.282 e. The number of halogens is 1. The fourth-order valence-electron chi connectivity index (χ4n) is 4.60. The highest BCUT2D eigenvalue weighted by atomic mass is 32.2. The number of aromatic nitrogens is 2. The molecule has 6 rings (SSSR count). The van der Waals surface area contributed by atoms with Gasteiger partial charge in [-0.3, -0.25) is 14.4 Å². The number of fused-ring (bicyclic) bond motifs is 3. The molecule has 5 aromatic rings. The minimum Gasteiger partial charge on any atom is -0.463 e. The highest BCUT2D eigenvalue weighted by molar-refractivity contribution is 7.91. The Morgan fingerprint density at radius 3 is 2.74 bits per heavy atom. The van der Waals surface area contributed by atoms with Crippen molar-refractivity contribution in [1.29, 1.82) is 0 Å². The number of hydrogen-bond donors (Lipinski definition) is 3. The summed E-state index contributed by atoms with van der Waals surface area (Å²) in [6, 6.07) is 7.22. The second-order valence-electron chi connectivity index (χ2n) is 9.00. The molecular weight excluding hydrogens is 535 g/mol. The van der Waals surface area contributed by atoms with Crippen LogP contribution in [-0.4, -0.2) is 35.0 Å². The lowest BCUT2D eigenvalue weighted by molar-refractivity contribution is 0.0971. The number of carbonyl (C=O) groups excluding carboxylic acids is 2. The minimum absolute atomic E-state index is 0.0527. The Balaban J connectivity index is 1.69. The Morgan fingerprint density at radius 2 is 2.05 bits per heavy atom. The third-order valence-corrected chi connectivity index (χ3v) is 9.27. The van der Waals surface area contributed by atoms with Crippen LogP contribution >= 0.6 is 11.3 Å². The third kappa shape index (κ3) is 3.90. The van der Waals surface area contributed by atoms with E-state index in [1.807, 2.05) is 0 Å². The molecule has 0 saturated heterocycles. The highest BCUT2D eigenvalue weighted by Crippen LogP contribution is 2.40. The highest BCUT2D eigenvalue weighted by Gasteiger charge is 2.38. The van der Waals surface area contributed by atoms with E-state index in [0.717, 1.165) is 11.3 Å². The van der Waals surface area contributed by atoms with Crippen molar-refractivity contribution in [2.24, 2.45) is 5.73 Å². The normalized spacial score (nSPS) is 13.8. The van der Waals surface area contributed by atoms with Gasteiger partial charge in [0.05, 0.1) is 38.2 Å². The molecule has 1 saturated carbocycles. The summed E-state index contributed by atoms with van der Waals surface area (Å²) in [4.78, 5) is 41.2. The standard InChI is InChI=1S/C25H19FN4O6S2/c26-16-9-17-20(22-14(16)5-7-36-22)19(15-2-1-6-28-24(15)32)21(25(33)29-38(34,35)13-3-4-13)30(17)10-12-8-18(23(27)31)37-11-12/h1-2,5-9,11,13H,3-4,10H2,(H2,27,31)(H,28,32)(H,29,33). The predicted octanol–water partition coefficient (Wildman–Crippen LogP) is 3.31. The Labute approximate surface area is 217 Å². The van der Waals surface area contributed by atoms with Crippen molar-refractivity contribution in [1.82, 2.24) is 14.3 Å². The van der Waals surface area contributed by atoms with E-state index in [4.69, 9.17) is 10.2 Å². The molecule has 2 amide bonds. The van der Waals surface area contributed by atoms with Gasteiger partial charge in [-0.15, -0.1) is 11.3 Å². The van der Waals surface area contributed by atoms with Crippen LogP contribution in [-0.2, 0) is 16.6 Å². The quantitative estimate of drug-likeness (QED) is 0.280. The van der Waals surface area contributed by atoms with E-state index in [9.17, 15) is 22.8 Å². The lowest BCUT2D eigenvalue weighted by Gasteiger charge is -2.12. The molecule has 4 N–H and O–H groups in total. The van der Waals surface area contributed by atoms with E-state index < -0.39 is 38.5 Å². The fourth-order valence-corrected chi connectivity index (χ4v) is 6.63. The first-order valence-electron chi connectivity index (χ1n) is 11.5. The van der Waals surface area contributed by atoms with Crippen LogP contribution in [0, 0.1) is 5.82 Å². The summed E-state index contributed by atoms with van der Waals surface area (Å²) in [6.07, 6.45) is 3.57. The molecule has 13 heteroatoms. The first kappa shape index (κ1) is 24.1. The number of nitrogens with zero attached hydrogens (tertiary/aromatic N) is 1. The molecule has 1 aliphatic rings. The van der Waals surface area contributed by atoms with Gasteiger partial charge in [-0.1, -0.05) is 0 Å². The second-order valence-corrected chi connectivity index (χ2v) is 11.9. The zero-order chi connectivity index (χ0) is 26.8. The van der Waals surface area contributed by atoms with E-state index in [1.54, 1.807) is 11.4 Å². The van der Waals surface area contributed by atoms with Crippen molar-refractivity contribution in [3.63, 3.8) is 0 Å². The Bertz CT molecular complexity index is 1950. The minimum atomic E-state index is -3.97. The first-order chi connectivity index (χ1) is 18.2. The van der Waals surface area contributed by atoms with Gasteiger partial charge in [0.15, 0.2) is 0 Å². The summed E-state index contributed by atoms with van der Waals surface area (Å²) in [6.45, 7) is -0.0527. The average Bonchev–Trinajstić information content (AvgIpc) is 3.30. The van der Waals surface area contributed by atoms with Gasteiger partial charge in [0.25, 0.3) is 17.4 Å². The number of nitrogens with two attached hydrogens (primary N) is 1. The van der Waals surface area contributed by atoms with Crippen LogP contribution in [0.4, 0.5) is 4.39 Å². The lowest BCUT2D eigenvalue weighted by Crippen LogP contribution is -2.35. The Hall–Kier alpha value is -4.23. The molecule has 0 aliphatic heterocycles. The molecular formula is C25H19FN4O6S2. The number of nitrogens with one attached hydrogen (secondary N) is 2. The van der Waals surface area contributed by atoms with Gasteiger partial charge in [-0.05, 0) is 54.1 Å². The number of furan rings is 1. The summed E-state index contributed by atoms with van der Waals surface area (Å²) >= 11 is 1.10. The number of pyridine rings is 1. The Kier molecular flexibility index (Phi) is 5.50. The zero-order valence-electron chi connectivity index (χ0n) is 19.5. The largest absolute Gasteiger partial charge is 0.463 e. The topological polar surface area (TPSA) is 157 Å². The van der Waals surface area contributed by atoms with Crippen LogP contribution in [0.2, 0.25) is 0 Å².